The first-order valence-corrected chi connectivity index (χ1v) is 7.50. The number of imidazole rings is 1. The summed E-state index contributed by atoms with van der Waals surface area (Å²) in [6, 6.07) is 7.21. The van der Waals surface area contributed by atoms with E-state index in [1.165, 1.54) is 0 Å². The maximum absolute atomic E-state index is 12.2. The third-order valence-electron chi connectivity index (χ3n) is 4.30. The Kier molecular flexibility index (Phi) is 3.84. The number of aromatic nitrogens is 2. The van der Waals surface area contributed by atoms with Gasteiger partial charge in [0.15, 0.2) is 0 Å². The highest BCUT2D eigenvalue weighted by atomic mass is 16.3. The van der Waals surface area contributed by atoms with Crippen LogP contribution in [-0.2, 0) is 0 Å². The van der Waals surface area contributed by atoms with Gasteiger partial charge < -0.3 is 15.0 Å². The molecular formula is C16H21N3O2. The van der Waals surface area contributed by atoms with Crippen LogP contribution in [0, 0.1) is 0 Å². The molecule has 2 aromatic rings. The molecule has 5 heteroatoms. The normalized spacial score (nSPS) is 17.2. The number of rotatable bonds is 3. The van der Waals surface area contributed by atoms with E-state index in [-0.39, 0.29) is 17.5 Å². The quantitative estimate of drug-likeness (QED) is 0.910. The summed E-state index contributed by atoms with van der Waals surface area (Å²) in [7, 11) is 0. The van der Waals surface area contributed by atoms with Gasteiger partial charge in [0.1, 0.15) is 5.75 Å². The molecule has 0 amide bonds. The van der Waals surface area contributed by atoms with Crippen LogP contribution in [0.2, 0.25) is 0 Å². The molecule has 0 saturated carbocycles. The number of aromatic amines is 1. The summed E-state index contributed by atoms with van der Waals surface area (Å²) >= 11 is 0. The van der Waals surface area contributed by atoms with E-state index in [4.69, 9.17) is 0 Å². The zero-order chi connectivity index (χ0) is 14.8. The maximum atomic E-state index is 12.2. The number of phenols is 1. The molecule has 1 aromatic carbocycles. The summed E-state index contributed by atoms with van der Waals surface area (Å²) in [5, 5.41) is 9.55. The van der Waals surface area contributed by atoms with Crippen molar-refractivity contribution in [2.45, 2.75) is 25.8 Å². The van der Waals surface area contributed by atoms with Crippen molar-refractivity contribution in [3.05, 3.63) is 40.9 Å². The summed E-state index contributed by atoms with van der Waals surface area (Å²) in [4.78, 5) is 17.5. The van der Waals surface area contributed by atoms with Crippen molar-refractivity contribution in [1.29, 1.82) is 0 Å². The lowest BCUT2D eigenvalue weighted by Crippen LogP contribution is -2.36. The lowest BCUT2D eigenvalue weighted by atomic mass is 10.1. The number of hydrogen-bond donors (Lipinski definition) is 2. The Hall–Kier alpha value is -2.01. The molecule has 0 atom stereocenters. The molecule has 1 saturated heterocycles. The standard InChI is InChI=1S/C16H21N3O2/c1-2-18-8-6-13(7-9-18)19-11-15(17-16(19)21)12-4-3-5-14(20)10-12/h3-5,10-11,13,20H,2,6-9H2,1H3,(H,17,21). The van der Waals surface area contributed by atoms with Gasteiger partial charge in [0.2, 0.25) is 0 Å². The molecule has 0 unspecified atom stereocenters. The molecule has 5 nitrogen and oxygen atoms in total. The molecule has 0 bridgehead atoms. The van der Waals surface area contributed by atoms with Crippen LogP contribution in [0.5, 0.6) is 5.75 Å². The molecule has 112 valence electrons. The number of hydrogen-bond acceptors (Lipinski definition) is 3. The SMILES string of the molecule is CCN1CCC(n2cc(-c3cccc(O)c3)[nH]c2=O)CC1. The van der Waals surface area contributed by atoms with Crippen LogP contribution in [0.3, 0.4) is 0 Å². The number of benzene rings is 1. The average Bonchev–Trinajstić information content (AvgIpc) is 2.89. The predicted molar refractivity (Wildman–Crippen MR) is 82.5 cm³/mol. The van der Waals surface area contributed by atoms with Gasteiger partial charge in [-0.1, -0.05) is 19.1 Å². The zero-order valence-electron chi connectivity index (χ0n) is 12.2. The fourth-order valence-corrected chi connectivity index (χ4v) is 3.01. The van der Waals surface area contributed by atoms with E-state index in [1.54, 1.807) is 18.2 Å². The highest BCUT2D eigenvalue weighted by Gasteiger charge is 2.21. The van der Waals surface area contributed by atoms with Gasteiger partial charge in [-0.25, -0.2) is 4.79 Å². The minimum absolute atomic E-state index is 0.0664. The topological polar surface area (TPSA) is 61.3 Å². The Balaban J connectivity index is 1.84. The smallest absolute Gasteiger partial charge is 0.326 e. The molecular weight excluding hydrogens is 266 g/mol. The van der Waals surface area contributed by atoms with Gasteiger partial charge in [0, 0.05) is 30.9 Å². The minimum atomic E-state index is -0.0664. The van der Waals surface area contributed by atoms with Gasteiger partial charge in [-0.15, -0.1) is 0 Å². The predicted octanol–water partition coefficient (Wildman–Crippen LogP) is 2.21. The summed E-state index contributed by atoms with van der Waals surface area (Å²) in [5.74, 6) is 0.206. The summed E-state index contributed by atoms with van der Waals surface area (Å²) in [5.41, 5.74) is 1.52. The molecule has 21 heavy (non-hydrogen) atoms. The lowest BCUT2D eigenvalue weighted by Gasteiger charge is -2.31. The number of nitrogens with one attached hydrogen (secondary N) is 1. The molecule has 1 aliphatic rings. The number of nitrogens with zero attached hydrogens (tertiary/aromatic N) is 2. The van der Waals surface area contributed by atoms with E-state index in [2.05, 4.69) is 16.8 Å². The number of aromatic hydroxyl groups is 1. The van der Waals surface area contributed by atoms with Crippen LogP contribution < -0.4 is 5.69 Å². The zero-order valence-corrected chi connectivity index (χ0v) is 12.2. The van der Waals surface area contributed by atoms with E-state index >= 15 is 0 Å². The van der Waals surface area contributed by atoms with E-state index in [0.29, 0.717) is 0 Å². The molecule has 1 fully saturated rings. The number of piperidine rings is 1. The largest absolute Gasteiger partial charge is 0.508 e. The maximum Gasteiger partial charge on any atom is 0.326 e. The lowest BCUT2D eigenvalue weighted by molar-refractivity contribution is 0.193. The third kappa shape index (κ3) is 2.88. The summed E-state index contributed by atoms with van der Waals surface area (Å²) < 4.78 is 1.81. The van der Waals surface area contributed by atoms with Crippen LogP contribution in [0.4, 0.5) is 0 Å². The fourth-order valence-electron chi connectivity index (χ4n) is 3.01. The number of phenolic OH excluding ortho intramolecular Hbond substituents is 1. The third-order valence-corrected chi connectivity index (χ3v) is 4.30. The number of likely N-dealkylation sites (tertiary alicyclic amines) is 1. The number of H-pyrrole nitrogens is 1. The minimum Gasteiger partial charge on any atom is -0.508 e. The molecule has 0 radical (unpaired) electrons. The highest BCUT2D eigenvalue weighted by molar-refractivity contribution is 5.60. The average molecular weight is 287 g/mol. The second-order valence-corrected chi connectivity index (χ2v) is 5.60. The van der Waals surface area contributed by atoms with E-state index in [1.807, 2.05) is 16.8 Å². The van der Waals surface area contributed by atoms with Crippen molar-refractivity contribution in [3.8, 4) is 17.0 Å². The van der Waals surface area contributed by atoms with Gasteiger partial charge in [0.05, 0.1) is 5.69 Å². The van der Waals surface area contributed by atoms with Gasteiger partial charge in [0.25, 0.3) is 0 Å². The molecule has 2 heterocycles. The van der Waals surface area contributed by atoms with Gasteiger partial charge in [-0.3, -0.25) is 4.57 Å². The second kappa shape index (κ2) is 5.77. The van der Waals surface area contributed by atoms with Crippen molar-refractivity contribution >= 4 is 0 Å². The van der Waals surface area contributed by atoms with Crippen molar-refractivity contribution in [1.82, 2.24) is 14.5 Å². The van der Waals surface area contributed by atoms with Crippen molar-refractivity contribution in [3.63, 3.8) is 0 Å². The molecule has 1 aliphatic heterocycles. The van der Waals surface area contributed by atoms with Gasteiger partial charge in [-0.2, -0.15) is 0 Å². The first kappa shape index (κ1) is 13.9. The Morgan fingerprint density at radius 3 is 2.76 bits per heavy atom. The molecule has 0 spiro atoms. The molecule has 0 aliphatic carbocycles. The van der Waals surface area contributed by atoms with Crippen molar-refractivity contribution in [2.75, 3.05) is 19.6 Å². The van der Waals surface area contributed by atoms with E-state index < -0.39 is 0 Å². The monoisotopic (exact) mass is 287 g/mol. The second-order valence-electron chi connectivity index (χ2n) is 5.60. The van der Waals surface area contributed by atoms with Crippen LogP contribution in [0.25, 0.3) is 11.3 Å². The van der Waals surface area contributed by atoms with Gasteiger partial charge in [-0.05, 0) is 31.5 Å². The van der Waals surface area contributed by atoms with Crippen molar-refractivity contribution in [2.24, 2.45) is 0 Å². The van der Waals surface area contributed by atoms with Crippen LogP contribution in [0.1, 0.15) is 25.8 Å². The first-order chi connectivity index (χ1) is 10.2. The van der Waals surface area contributed by atoms with Crippen molar-refractivity contribution < 1.29 is 5.11 Å². The van der Waals surface area contributed by atoms with Crippen LogP contribution in [0.15, 0.2) is 35.3 Å². The van der Waals surface area contributed by atoms with Crippen LogP contribution >= 0.6 is 0 Å². The molecule has 1 aromatic heterocycles. The first-order valence-electron chi connectivity index (χ1n) is 7.50. The summed E-state index contributed by atoms with van der Waals surface area (Å²) in [6.07, 6.45) is 3.89. The van der Waals surface area contributed by atoms with Crippen LogP contribution in [-0.4, -0.2) is 39.2 Å². The van der Waals surface area contributed by atoms with E-state index in [0.717, 1.165) is 43.7 Å². The molecule has 2 N–H and O–H groups in total. The molecule has 3 rings (SSSR count). The Morgan fingerprint density at radius 2 is 2.10 bits per heavy atom. The summed E-state index contributed by atoms with van der Waals surface area (Å²) in [6.45, 7) is 5.33. The fraction of sp³-hybridized carbons (Fsp3) is 0.438. The Labute approximate surface area is 123 Å². The highest BCUT2D eigenvalue weighted by Crippen LogP contribution is 2.25. The Bertz CT molecular complexity index is 666. The van der Waals surface area contributed by atoms with Gasteiger partial charge >= 0.3 is 5.69 Å². The van der Waals surface area contributed by atoms with E-state index in [9.17, 15) is 9.90 Å². The Morgan fingerprint density at radius 1 is 1.33 bits per heavy atom.